The Kier molecular flexibility index (Phi) is 4.94. The zero-order valence-electron chi connectivity index (χ0n) is 13.0. The van der Waals surface area contributed by atoms with E-state index in [9.17, 15) is 13.6 Å². The molecular weight excluding hydrogens is 326 g/mol. The van der Waals surface area contributed by atoms with Crippen LogP contribution in [0.2, 0.25) is 0 Å². The van der Waals surface area contributed by atoms with Gasteiger partial charge in [0.05, 0.1) is 0 Å². The molecule has 126 valence electrons. The third kappa shape index (κ3) is 4.35. The maximum atomic E-state index is 13.1. The second-order valence-electron chi connectivity index (χ2n) is 5.23. The minimum atomic E-state index is -1.04. The highest BCUT2D eigenvalue weighted by molar-refractivity contribution is 6.02. The Labute approximate surface area is 142 Å². The summed E-state index contributed by atoms with van der Waals surface area (Å²) in [6, 6.07) is 16.0. The van der Waals surface area contributed by atoms with E-state index >= 15 is 0 Å². The Morgan fingerprint density at radius 3 is 2.40 bits per heavy atom. The quantitative estimate of drug-likeness (QED) is 0.744. The Bertz CT molecular complexity index is 870. The summed E-state index contributed by atoms with van der Waals surface area (Å²) in [7, 11) is 0. The molecule has 25 heavy (non-hydrogen) atoms. The molecule has 0 radical (unpaired) electrons. The molecule has 1 aromatic heterocycles. The standard InChI is InChI=1S/C18H14F2N4O/c19-14-7-6-13(10-15(14)20)22-18(25)16-8-9-17(24-23-16)21-11-12-4-2-1-3-5-12/h1-10H,11H2,(H,21,24)(H,22,25). The molecule has 0 aliphatic carbocycles. The number of aromatic nitrogens is 2. The van der Waals surface area contributed by atoms with E-state index in [4.69, 9.17) is 0 Å². The molecule has 0 spiro atoms. The number of carbonyl (C=O) groups excluding carboxylic acids is 1. The van der Waals surface area contributed by atoms with Gasteiger partial charge in [-0.2, -0.15) is 0 Å². The minimum Gasteiger partial charge on any atom is -0.365 e. The Morgan fingerprint density at radius 2 is 1.72 bits per heavy atom. The fourth-order valence-corrected chi connectivity index (χ4v) is 2.11. The zero-order chi connectivity index (χ0) is 17.6. The summed E-state index contributed by atoms with van der Waals surface area (Å²) in [5.41, 5.74) is 1.29. The molecule has 0 fully saturated rings. The molecule has 1 amide bonds. The predicted octanol–water partition coefficient (Wildman–Crippen LogP) is 3.62. The van der Waals surface area contributed by atoms with E-state index in [1.54, 1.807) is 6.07 Å². The highest BCUT2D eigenvalue weighted by Gasteiger charge is 2.10. The largest absolute Gasteiger partial charge is 0.365 e. The lowest BCUT2D eigenvalue weighted by molar-refractivity contribution is 0.102. The van der Waals surface area contributed by atoms with Crippen molar-refractivity contribution in [1.82, 2.24) is 10.2 Å². The highest BCUT2D eigenvalue weighted by atomic mass is 19.2. The Morgan fingerprint density at radius 1 is 0.920 bits per heavy atom. The average molecular weight is 340 g/mol. The Hall–Kier alpha value is -3.35. The van der Waals surface area contributed by atoms with E-state index in [1.165, 1.54) is 12.1 Å². The van der Waals surface area contributed by atoms with Crippen LogP contribution in [0, 0.1) is 11.6 Å². The van der Waals surface area contributed by atoms with Crippen molar-refractivity contribution in [1.29, 1.82) is 0 Å². The summed E-state index contributed by atoms with van der Waals surface area (Å²) < 4.78 is 26.0. The summed E-state index contributed by atoms with van der Waals surface area (Å²) in [6.45, 7) is 0.579. The number of nitrogens with one attached hydrogen (secondary N) is 2. The van der Waals surface area contributed by atoms with Crippen LogP contribution in [0.4, 0.5) is 20.3 Å². The maximum absolute atomic E-state index is 13.1. The maximum Gasteiger partial charge on any atom is 0.276 e. The van der Waals surface area contributed by atoms with E-state index in [1.807, 2.05) is 30.3 Å². The van der Waals surface area contributed by atoms with Gasteiger partial charge in [0.1, 0.15) is 5.82 Å². The third-order valence-electron chi connectivity index (χ3n) is 3.39. The summed E-state index contributed by atoms with van der Waals surface area (Å²) >= 11 is 0. The number of carbonyl (C=O) groups is 1. The molecule has 3 rings (SSSR count). The minimum absolute atomic E-state index is 0.0648. The van der Waals surface area contributed by atoms with Crippen LogP contribution in [0.25, 0.3) is 0 Å². The molecule has 1 heterocycles. The molecule has 0 saturated carbocycles. The van der Waals surface area contributed by atoms with E-state index in [0.717, 1.165) is 17.7 Å². The van der Waals surface area contributed by atoms with Crippen LogP contribution in [0.15, 0.2) is 60.7 Å². The second-order valence-corrected chi connectivity index (χ2v) is 5.23. The van der Waals surface area contributed by atoms with Crippen molar-refractivity contribution < 1.29 is 13.6 Å². The number of hydrogen-bond acceptors (Lipinski definition) is 4. The normalized spacial score (nSPS) is 10.3. The van der Waals surface area contributed by atoms with Crippen molar-refractivity contribution in [3.05, 3.63) is 83.6 Å². The first-order valence-electron chi connectivity index (χ1n) is 7.50. The van der Waals surface area contributed by atoms with Gasteiger partial charge in [-0.3, -0.25) is 4.79 Å². The number of rotatable bonds is 5. The van der Waals surface area contributed by atoms with Gasteiger partial charge in [0, 0.05) is 18.3 Å². The van der Waals surface area contributed by atoms with Gasteiger partial charge in [-0.15, -0.1) is 10.2 Å². The van der Waals surface area contributed by atoms with E-state index in [2.05, 4.69) is 20.8 Å². The molecule has 0 atom stereocenters. The lowest BCUT2D eigenvalue weighted by Gasteiger charge is -2.07. The highest BCUT2D eigenvalue weighted by Crippen LogP contribution is 2.14. The molecular formula is C18H14F2N4O. The lowest BCUT2D eigenvalue weighted by atomic mass is 10.2. The lowest BCUT2D eigenvalue weighted by Crippen LogP contribution is -2.15. The molecule has 2 aromatic carbocycles. The van der Waals surface area contributed by atoms with Crippen molar-refractivity contribution in [2.45, 2.75) is 6.54 Å². The number of nitrogens with zero attached hydrogens (tertiary/aromatic N) is 2. The van der Waals surface area contributed by atoms with Gasteiger partial charge >= 0.3 is 0 Å². The molecule has 2 N–H and O–H groups in total. The average Bonchev–Trinajstić information content (AvgIpc) is 2.64. The summed E-state index contributed by atoms with van der Waals surface area (Å²) in [5.74, 6) is -2.06. The van der Waals surface area contributed by atoms with E-state index in [-0.39, 0.29) is 11.4 Å². The molecule has 0 unspecified atom stereocenters. The molecule has 3 aromatic rings. The van der Waals surface area contributed by atoms with Crippen molar-refractivity contribution in [3.8, 4) is 0 Å². The molecule has 0 bridgehead atoms. The van der Waals surface area contributed by atoms with Gasteiger partial charge in [0.25, 0.3) is 5.91 Å². The monoisotopic (exact) mass is 340 g/mol. The molecule has 0 aliphatic rings. The topological polar surface area (TPSA) is 66.9 Å². The van der Waals surface area contributed by atoms with Crippen molar-refractivity contribution >= 4 is 17.4 Å². The van der Waals surface area contributed by atoms with Gasteiger partial charge in [0.15, 0.2) is 17.3 Å². The number of halogens is 2. The van der Waals surface area contributed by atoms with Crippen molar-refractivity contribution in [3.63, 3.8) is 0 Å². The first-order chi connectivity index (χ1) is 12.1. The van der Waals surface area contributed by atoms with Gasteiger partial charge in [-0.25, -0.2) is 8.78 Å². The SMILES string of the molecule is O=C(Nc1ccc(F)c(F)c1)c1ccc(NCc2ccccc2)nn1. The first kappa shape index (κ1) is 16.5. The van der Waals surface area contributed by atoms with E-state index < -0.39 is 17.5 Å². The van der Waals surface area contributed by atoms with Crippen molar-refractivity contribution in [2.75, 3.05) is 10.6 Å². The van der Waals surface area contributed by atoms with Crippen LogP contribution >= 0.6 is 0 Å². The number of hydrogen-bond donors (Lipinski definition) is 2. The molecule has 0 aliphatic heterocycles. The zero-order valence-corrected chi connectivity index (χ0v) is 13.0. The van der Waals surface area contributed by atoms with Crippen LogP contribution in [-0.2, 0) is 6.54 Å². The third-order valence-corrected chi connectivity index (χ3v) is 3.39. The van der Waals surface area contributed by atoms with Crippen LogP contribution in [-0.4, -0.2) is 16.1 Å². The van der Waals surface area contributed by atoms with Crippen LogP contribution in [0.3, 0.4) is 0 Å². The number of anilines is 2. The Balaban J connectivity index is 1.61. The summed E-state index contributed by atoms with van der Waals surface area (Å²) in [6.07, 6.45) is 0. The van der Waals surface area contributed by atoms with Gasteiger partial charge < -0.3 is 10.6 Å². The summed E-state index contributed by atoms with van der Waals surface area (Å²) in [5, 5.41) is 13.3. The predicted molar refractivity (Wildman–Crippen MR) is 90.1 cm³/mol. The van der Waals surface area contributed by atoms with Gasteiger partial charge in [-0.05, 0) is 29.8 Å². The van der Waals surface area contributed by atoms with Crippen LogP contribution in [0.1, 0.15) is 16.1 Å². The smallest absolute Gasteiger partial charge is 0.276 e. The van der Waals surface area contributed by atoms with Crippen LogP contribution in [0.5, 0.6) is 0 Å². The van der Waals surface area contributed by atoms with Crippen LogP contribution < -0.4 is 10.6 Å². The molecule has 7 heteroatoms. The van der Waals surface area contributed by atoms with Gasteiger partial charge in [-0.1, -0.05) is 30.3 Å². The fourth-order valence-electron chi connectivity index (χ4n) is 2.11. The fraction of sp³-hybridized carbons (Fsp3) is 0.0556. The molecule has 0 saturated heterocycles. The second kappa shape index (κ2) is 7.48. The summed E-state index contributed by atoms with van der Waals surface area (Å²) in [4.78, 5) is 12.1. The first-order valence-corrected chi connectivity index (χ1v) is 7.50. The van der Waals surface area contributed by atoms with Crippen molar-refractivity contribution in [2.24, 2.45) is 0 Å². The van der Waals surface area contributed by atoms with E-state index in [0.29, 0.717) is 12.4 Å². The van der Waals surface area contributed by atoms with Gasteiger partial charge in [0.2, 0.25) is 0 Å². The number of amides is 1. The number of benzene rings is 2. The molecule has 5 nitrogen and oxygen atoms in total.